The summed E-state index contributed by atoms with van der Waals surface area (Å²) in [6.07, 6.45) is 3.31. The van der Waals surface area contributed by atoms with Crippen LogP contribution in [0.25, 0.3) is 0 Å². The van der Waals surface area contributed by atoms with E-state index in [1.54, 1.807) is 0 Å². The summed E-state index contributed by atoms with van der Waals surface area (Å²) < 4.78 is 5.92. The fourth-order valence-corrected chi connectivity index (χ4v) is 3.86. The van der Waals surface area contributed by atoms with Gasteiger partial charge in [0.25, 0.3) is 0 Å². The molecule has 3 rings (SSSR count). The third-order valence-electron chi connectivity index (χ3n) is 5.38. The smallest absolute Gasteiger partial charge is 0.323 e. The number of carbonyl (C=O) groups excluding carboxylic acids is 2. The Kier molecular flexibility index (Phi) is 6.11. The van der Waals surface area contributed by atoms with E-state index >= 15 is 0 Å². The van der Waals surface area contributed by atoms with Gasteiger partial charge in [-0.05, 0) is 31.2 Å². The molecule has 0 saturated carbocycles. The van der Waals surface area contributed by atoms with Crippen LogP contribution >= 0.6 is 0 Å². The molecule has 2 amide bonds. The standard InChI is InChI=1S/C20H26N2O5/c23-17(8-7-16-5-2-1-3-6-16)22-11-4-9-20(15-22)10-12-21(13-19(25)26)18(24)14-27-20/h1-3,5-6H,4,7-15H2,(H,25,26). The lowest BCUT2D eigenvalue weighted by atomic mass is 9.89. The number of ether oxygens (including phenoxy) is 1. The zero-order valence-corrected chi connectivity index (χ0v) is 15.4. The minimum absolute atomic E-state index is 0.0968. The van der Waals surface area contributed by atoms with Crippen molar-refractivity contribution in [3.05, 3.63) is 35.9 Å². The molecule has 1 N–H and O–H groups in total. The van der Waals surface area contributed by atoms with Gasteiger partial charge >= 0.3 is 5.97 Å². The van der Waals surface area contributed by atoms with Gasteiger partial charge in [-0.1, -0.05) is 30.3 Å². The second-order valence-electron chi connectivity index (χ2n) is 7.34. The number of likely N-dealkylation sites (tertiary alicyclic amines) is 1. The highest BCUT2D eigenvalue weighted by Crippen LogP contribution is 2.31. The van der Waals surface area contributed by atoms with Gasteiger partial charge in [0.05, 0.1) is 5.60 Å². The van der Waals surface area contributed by atoms with Crippen molar-refractivity contribution in [2.24, 2.45) is 0 Å². The van der Waals surface area contributed by atoms with Gasteiger partial charge in [0.15, 0.2) is 0 Å². The van der Waals surface area contributed by atoms with Crippen molar-refractivity contribution >= 4 is 17.8 Å². The fourth-order valence-electron chi connectivity index (χ4n) is 3.86. The van der Waals surface area contributed by atoms with Crippen LogP contribution in [0.4, 0.5) is 0 Å². The molecule has 1 aromatic carbocycles. The number of carboxylic acids is 1. The predicted octanol–water partition coefficient (Wildman–Crippen LogP) is 1.31. The number of aryl methyl sites for hydroxylation is 1. The minimum atomic E-state index is -1.03. The molecule has 0 aromatic heterocycles. The van der Waals surface area contributed by atoms with Gasteiger partial charge in [-0.25, -0.2) is 0 Å². The van der Waals surface area contributed by atoms with E-state index in [0.29, 0.717) is 38.9 Å². The van der Waals surface area contributed by atoms with Gasteiger partial charge in [-0.15, -0.1) is 0 Å². The van der Waals surface area contributed by atoms with Gasteiger partial charge in [-0.3, -0.25) is 14.4 Å². The van der Waals surface area contributed by atoms with Gasteiger partial charge < -0.3 is 19.6 Å². The van der Waals surface area contributed by atoms with Crippen molar-refractivity contribution in [3.63, 3.8) is 0 Å². The molecular weight excluding hydrogens is 348 g/mol. The molecule has 1 atom stereocenters. The first-order valence-corrected chi connectivity index (χ1v) is 9.43. The summed E-state index contributed by atoms with van der Waals surface area (Å²) in [6, 6.07) is 9.92. The van der Waals surface area contributed by atoms with E-state index in [1.165, 1.54) is 4.90 Å². The first-order chi connectivity index (χ1) is 13.0. The van der Waals surface area contributed by atoms with E-state index in [0.717, 1.165) is 18.4 Å². The fraction of sp³-hybridized carbons (Fsp3) is 0.550. The summed E-state index contributed by atoms with van der Waals surface area (Å²) in [4.78, 5) is 38.9. The average Bonchev–Trinajstić information content (AvgIpc) is 2.81. The van der Waals surface area contributed by atoms with Crippen LogP contribution < -0.4 is 0 Å². The van der Waals surface area contributed by atoms with E-state index in [2.05, 4.69) is 0 Å². The Hall–Kier alpha value is -2.41. The van der Waals surface area contributed by atoms with E-state index < -0.39 is 11.6 Å². The average molecular weight is 374 g/mol. The summed E-state index contributed by atoms with van der Waals surface area (Å²) in [6.45, 7) is 1.08. The molecule has 7 nitrogen and oxygen atoms in total. The molecule has 146 valence electrons. The summed E-state index contributed by atoms with van der Waals surface area (Å²) in [5.41, 5.74) is 0.585. The van der Waals surface area contributed by atoms with Crippen LogP contribution in [0.15, 0.2) is 30.3 Å². The Morgan fingerprint density at radius 2 is 1.93 bits per heavy atom. The minimum Gasteiger partial charge on any atom is -0.480 e. The molecule has 2 heterocycles. The number of benzene rings is 1. The Balaban J connectivity index is 1.58. The lowest BCUT2D eigenvalue weighted by Crippen LogP contribution is -2.52. The van der Waals surface area contributed by atoms with Crippen molar-refractivity contribution in [1.82, 2.24) is 9.80 Å². The quantitative estimate of drug-likeness (QED) is 0.840. The van der Waals surface area contributed by atoms with Crippen LogP contribution in [0.1, 0.15) is 31.2 Å². The molecule has 2 aliphatic rings. The van der Waals surface area contributed by atoms with Crippen LogP contribution in [0.3, 0.4) is 0 Å². The topological polar surface area (TPSA) is 87.2 Å². The SMILES string of the molecule is O=C(O)CN1CCC2(CCCN(C(=O)CCc3ccccc3)C2)OCC1=O. The molecule has 0 bridgehead atoms. The van der Waals surface area contributed by atoms with Gasteiger partial charge in [0.2, 0.25) is 11.8 Å². The van der Waals surface area contributed by atoms with Gasteiger partial charge in [-0.2, -0.15) is 0 Å². The van der Waals surface area contributed by atoms with Crippen molar-refractivity contribution in [3.8, 4) is 0 Å². The molecule has 2 aliphatic heterocycles. The Morgan fingerprint density at radius 1 is 1.15 bits per heavy atom. The van der Waals surface area contributed by atoms with Gasteiger partial charge in [0, 0.05) is 26.1 Å². The summed E-state index contributed by atoms with van der Waals surface area (Å²) in [5.74, 6) is -1.23. The maximum atomic E-state index is 12.7. The number of hydrogen-bond donors (Lipinski definition) is 1. The second-order valence-corrected chi connectivity index (χ2v) is 7.34. The molecule has 27 heavy (non-hydrogen) atoms. The van der Waals surface area contributed by atoms with E-state index in [1.807, 2.05) is 35.2 Å². The van der Waals surface area contributed by atoms with Crippen molar-refractivity contribution < 1.29 is 24.2 Å². The molecular formula is C20H26N2O5. The van der Waals surface area contributed by atoms with Crippen LogP contribution in [-0.2, 0) is 25.5 Å². The first kappa shape index (κ1) is 19.4. The van der Waals surface area contributed by atoms with Crippen LogP contribution in [0.5, 0.6) is 0 Å². The molecule has 1 unspecified atom stereocenters. The van der Waals surface area contributed by atoms with E-state index in [-0.39, 0.29) is 25.0 Å². The van der Waals surface area contributed by atoms with Crippen molar-refractivity contribution in [2.75, 3.05) is 32.8 Å². The van der Waals surface area contributed by atoms with Gasteiger partial charge in [0.1, 0.15) is 13.2 Å². The third-order valence-corrected chi connectivity index (χ3v) is 5.38. The maximum absolute atomic E-state index is 12.7. The lowest BCUT2D eigenvalue weighted by molar-refractivity contribution is -0.150. The Labute approximate surface area is 158 Å². The molecule has 2 saturated heterocycles. The van der Waals surface area contributed by atoms with E-state index in [4.69, 9.17) is 9.84 Å². The lowest BCUT2D eigenvalue weighted by Gasteiger charge is -2.42. The number of hydrogen-bond acceptors (Lipinski definition) is 4. The second kappa shape index (κ2) is 8.52. The Bertz CT molecular complexity index is 693. The molecule has 0 aliphatic carbocycles. The molecule has 7 heteroatoms. The van der Waals surface area contributed by atoms with Crippen molar-refractivity contribution in [1.29, 1.82) is 0 Å². The van der Waals surface area contributed by atoms with Crippen LogP contribution in [-0.4, -0.2) is 71.1 Å². The number of piperidine rings is 1. The highest BCUT2D eigenvalue weighted by Gasteiger charge is 2.41. The maximum Gasteiger partial charge on any atom is 0.323 e. The monoisotopic (exact) mass is 374 g/mol. The van der Waals surface area contributed by atoms with E-state index in [9.17, 15) is 14.4 Å². The summed E-state index contributed by atoms with van der Waals surface area (Å²) in [5, 5.41) is 8.96. The van der Waals surface area contributed by atoms with Crippen LogP contribution in [0.2, 0.25) is 0 Å². The normalized spacial score (nSPS) is 23.3. The number of rotatable bonds is 5. The Morgan fingerprint density at radius 3 is 2.67 bits per heavy atom. The number of carbonyl (C=O) groups is 3. The molecule has 1 aromatic rings. The molecule has 2 fully saturated rings. The molecule has 1 spiro atoms. The summed E-state index contributed by atoms with van der Waals surface area (Å²) in [7, 11) is 0. The first-order valence-electron chi connectivity index (χ1n) is 9.43. The highest BCUT2D eigenvalue weighted by atomic mass is 16.5. The third kappa shape index (κ3) is 5.07. The number of carboxylic acid groups (broad SMARTS) is 1. The molecule has 0 radical (unpaired) electrons. The predicted molar refractivity (Wildman–Crippen MR) is 98.1 cm³/mol. The summed E-state index contributed by atoms with van der Waals surface area (Å²) >= 11 is 0. The highest BCUT2D eigenvalue weighted by molar-refractivity contribution is 5.82. The number of amides is 2. The zero-order valence-electron chi connectivity index (χ0n) is 15.4. The van der Waals surface area contributed by atoms with Crippen LogP contribution in [0, 0.1) is 0 Å². The van der Waals surface area contributed by atoms with Crippen molar-refractivity contribution in [2.45, 2.75) is 37.7 Å². The number of nitrogens with zero attached hydrogens (tertiary/aromatic N) is 2. The number of aliphatic carboxylic acids is 1. The largest absolute Gasteiger partial charge is 0.480 e. The zero-order chi connectivity index (χ0) is 19.3.